The molecule has 1 fully saturated rings. The second kappa shape index (κ2) is 7.83. The van der Waals surface area contributed by atoms with Crippen molar-refractivity contribution in [1.82, 2.24) is 14.7 Å². The lowest BCUT2D eigenvalue weighted by atomic mass is 10.1. The minimum Gasteiger partial charge on any atom is -0.310 e. The number of nitrogens with one attached hydrogen (secondary N) is 1. The number of benzene rings is 1. The van der Waals surface area contributed by atoms with E-state index in [2.05, 4.69) is 42.5 Å². The minimum absolute atomic E-state index is 0.00649. The molecular formula is C20H28N4O. The number of hydrogen-bond donors (Lipinski definition) is 1. The number of nitrogens with zero attached hydrogens (tertiary/aromatic N) is 3. The van der Waals surface area contributed by atoms with Gasteiger partial charge in [0.15, 0.2) is 0 Å². The summed E-state index contributed by atoms with van der Waals surface area (Å²) in [5.74, 6) is 0.823. The monoisotopic (exact) mass is 340 g/mol. The molecule has 1 heterocycles. The molecule has 1 N–H and O–H groups in total. The molecule has 0 aliphatic heterocycles. The summed E-state index contributed by atoms with van der Waals surface area (Å²) < 4.78 is 1.98. The van der Waals surface area contributed by atoms with Crippen LogP contribution in [0, 0.1) is 13.8 Å². The first kappa shape index (κ1) is 17.7. The Morgan fingerprint density at radius 2 is 2.04 bits per heavy atom. The van der Waals surface area contributed by atoms with E-state index in [1.807, 2.05) is 22.7 Å². The maximum Gasteiger partial charge on any atom is 0.239 e. The predicted molar refractivity (Wildman–Crippen MR) is 101 cm³/mol. The van der Waals surface area contributed by atoms with Gasteiger partial charge in [-0.1, -0.05) is 36.6 Å². The third-order valence-corrected chi connectivity index (χ3v) is 4.96. The van der Waals surface area contributed by atoms with Crippen LogP contribution in [0.4, 0.5) is 5.82 Å². The lowest BCUT2D eigenvalue weighted by Crippen LogP contribution is -2.31. The van der Waals surface area contributed by atoms with E-state index in [0.717, 1.165) is 25.2 Å². The molecular weight excluding hydrogens is 312 g/mol. The first-order chi connectivity index (χ1) is 12.0. The topological polar surface area (TPSA) is 50.2 Å². The number of likely N-dealkylation sites (N-methyl/N-ethyl adjacent to an activating group) is 1. The van der Waals surface area contributed by atoms with E-state index in [9.17, 15) is 4.79 Å². The number of carbonyl (C=O) groups is 1. The van der Waals surface area contributed by atoms with Gasteiger partial charge >= 0.3 is 0 Å². The third-order valence-electron chi connectivity index (χ3n) is 4.96. The van der Waals surface area contributed by atoms with Gasteiger partial charge in [0.2, 0.25) is 5.91 Å². The summed E-state index contributed by atoms with van der Waals surface area (Å²) in [6.45, 7) is 5.35. The van der Waals surface area contributed by atoms with Gasteiger partial charge < -0.3 is 5.32 Å². The number of aryl methyl sites for hydroxylation is 2. The van der Waals surface area contributed by atoms with Gasteiger partial charge in [-0.25, -0.2) is 4.68 Å². The highest BCUT2D eigenvalue weighted by molar-refractivity contribution is 5.91. The fourth-order valence-corrected chi connectivity index (χ4v) is 3.65. The summed E-state index contributed by atoms with van der Waals surface area (Å²) in [5, 5.41) is 7.43. The third kappa shape index (κ3) is 4.48. The van der Waals surface area contributed by atoms with Gasteiger partial charge in [-0.2, -0.15) is 5.10 Å². The Morgan fingerprint density at radius 1 is 1.28 bits per heavy atom. The standard InChI is InChI=1S/C20H28N4O/c1-15-8-9-17(16(2)12-15)13-23(3)14-20(25)22-19-10-11-21-24(19)18-6-4-5-7-18/h8-12,18H,4-7,13-14H2,1-3H3,(H,22,25). The van der Waals surface area contributed by atoms with Crippen LogP contribution in [-0.2, 0) is 11.3 Å². The second-order valence-electron chi connectivity index (χ2n) is 7.25. The van der Waals surface area contributed by atoms with E-state index < -0.39 is 0 Å². The fourth-order valence-electron chi connectivity index (χ4n) is 3.65. The van der Waals surface area contributed by atoms with Crippen LogP contribution in [0.15, 0.2) is 30.5 Å². The average molecular weight is 340 g/mol. The van der Waals surface area contributed by atoms with E-state index in [4.69, 9.17) is 0 Å². The Bertz CT molecular complexity index is 731. The molecule has 0 bridgehead atoms. The first-order valence-corrected chi connectivity index (χ1v) is 9.11. The molecule has 3 rings (SSSR count). The van der Waals surface area contributed by atoms with Crippen molar-refractivity contribution < 1.29 is 4.79 Å². The van der Waals surface area contributed by atoms with Crippen LogP contribution >= 0.6 is 0 Å². The summed E-state index contributed by atoms with van der Waals surface area (Å²) in [6, 6.07) is 8.77. The Balaban J connectivity index is 1.56. The van der Waals surface area contributed by atoms with Crippen LogP contribution in [0.5, 0.6) is 0 Å². The van der Waals surface area contributed by atoms with Gasteiger partial charge in [-0.15, -0.1) is 0 Å². The Labute approximate surface area is 150 Å². The zero-order valence-electron chi connectivity index (χ0n) is 15.5. The number of hydrogen-bond acceptors (Lipinski definition) is 3. The van der Waals surface area contributed by atoms with Crippen molar-refractivity contribution in [3.05, 3.63) is 47.2 Å². The number of rotatable bonds is 6. The Kier molecular flexibility index (Phi) is 5.53. The van der Waals surface area contributed by atoms with Crippen molar-refractivity contribution in [3.8, 4) is 0 Å². The zero-order valence-corrected chi connectivity index (χ0v) is 15.5. The predicted octanol–water partition coefficient (Wildman–Crippen LogP) is 3.69. The second-order valence-corrected chi connectivity index (χ2v) is 7.25. The Hall–Kier alpha value is -2.14. The molecule has 1 aliphatic rings. The van der Waals surface area contributed by atoms with Crippen LogP contribution in [-0.4, -0.2) is 34.2 Å². The number of carbonyl (C=O) groups excluding carboxylic acids is 1. The normalized spacial score (nSPS) is 15.0. The fraction of sp³-hybridized carbons (Fsp3) is 0.500. The molecule has 1 aromatic carbocycles. The molecule has 5 nitrogen and oxygen atoms in total. The number of anilines is 1. The van der Waals surface area contributed by atoms with Gasteiger partial charge in [-0.05, 0) is 44.9 Å². The van der Waals surface area contributed by atoms with E-state index in [0.29, 0.717) is 12.6 Å². The quantitative estimate of drug-likeness (QED) is 0.872. The zero-order chi connectivity index (χ0) is 17.8. The highest BCUT2D eigenvalue weighted by Crippen LogP contribution is 2.31. The van der Waals surface area contributed by atoms with E-state index >= 15 is 0 Å². The molecule has 0 saturated heterocycles. The molecule has 134 valence electrons. The maximum absolute atomic E-state index is 12.4. The first-order valence-electron chi connectivity index (χ1n) is 9.11. The van der Waals surface area contributed by atoms with Crippen molar-refractivity contribution in [1.29, 1.82) is 0 Å². The molecule has 0 radical (unpaired) electrons. The number of aromatic nitrogens is 2. The highest BCUT2D eigenvalue weighted by atomic mass is 16.2. The van der Waals surface area contributed by atoms with Crippen LogP contribution < -0.4 is 5.32 Å². The van der Waals surface area contributed by atoms with E-state index in [1.54, 1.807) is 6.20 Å². The SMILES string of the molecule is Cc1ccc(CN(C)CC(=O)Nc2ccnn2C2CCCC2)c(C)c1. The van der Waals surface area contributed by atoms with Gasteiger partial charge in [0.05, 0.1) is 18.8 Å². The van der Waals surface area contributed by atoms with Gasteiger partial charge in [-0.3, -0.25) is 9.69 Å². The summed E-state index contributed by atoms with van der Waals surface area (Å²) in [4.78, 5) is 14.5. The molecule has 2 aromatic rings. The van der Waals surface area contributed by atoms with Gasteiger partial charge in [0.1, 0.15) is 5.82 Å². The lowest BCUT2D eigenvalue weighted by Gasteiger charge is -2.19. The van der Waals surface area contributed by atoms with Gasteiger partial charge in [0.25, 0.3) is 0 Å². The van der Waals surface area contributed by atoms with Gasteiger partial charge in [0, 0.05) is 12.6 Å². The maximum atomic E-state index is 12.4. The van der Waals surface area contributed by atoms with Crippen molar-refractivity contribution in [2.75, 3.05) is 18.9 Å². The number of amides is 1. The minimum atomic E-state index is 0.00649. The molecule has 1 aromatic heterocycles. The van der Waals surface area contributed by atoms with Crippen LogP contribution in [0.25, 0.3) is 0 Å². The molecule has 1 aliphatic carbocycles. The average Bonchev–Trinajstić information content (AvgIpc) is 3.20. The summed E-state index contributed by atoms with van der Waals surface area (Å²) in [7, 11) is 1.98. The van der Waals surface area contributed by atoms with E-state index in [1.165, 1.54) is 29.5 Å². The molecule has 1 saturated carbocycles. The van der Waals surface area contributed by atoms with Crippen molar-refractivity contribution in [3.63, 3.8) is 0 Å². The molecule has 1 amide bonds. The molecule has 0 atom stereocenters. The van der Waals surface area contributed by atoms with E-state index in [-0.39, 0.29) is 5.91 Å². The van der Waals surface area contributed by atoms with Crippen molar-refractivity contribution in [2.45, 2.75) is 52.1 Å². The molecule has 0 unspecified atom stereocenters. The summed E-state index contributed by atoms with van der Waals surface area (Å²) in [6.07, 6.45) is 6.56. The van der Waals surface area contributed by atoms with Crippen LogP contribution in [0.3, 0.4) is 0 Å². The van der Waals surface area contributed by atoms with Crippen LogP contribution in [0.1, 0.15) is 48.4 Å². The smallest absolute Gasteiger partial charge is 0.239 e. The van der Waals surface area contributed by atoms with Crippen LogP contribution in [0.2, 0.25) is 0 Å². The molecule has 0 spiro atoms. The van der Waals surface area contributed by atoms with Crippen molar-refractivity contribution in [2.24, 2.45) is 0 Å². The Morgan fingerprint density at radius 3 is 2.76 bits per heavy atom. The lowest BCUT2D eigenvalue weighted by molar-refractivity contribution is -0.117. The largest absolute Gasteiger partial charge is 0.310 e. The highest BCUT2D eigenvalue weighted by Gasteiger charge is 2.20. The van der Waals surface area contributed by atoms with Crippen molar-refractivity contribution >= 4 is 11.7 Å². The molecule has 5 heteroatoms. The molecule has 25 heavy (non-hydrogen) atoms. The summed E-state index contributed by atoms with van der Waals surface area (Å²) >= 11 is 0. The summed E-state index contributed by atoms with van der Waals surface area (Å²) in [5.41, 5.74) is 3.80.